The maximum Gasteiger partial charge on any atom is 0.241 e. The average Bonchev–Trinajstić information content (AvgIpc) is 2.66. The minimum atomic E-state index is -3.81. The van der Waals surface area contributed by atoms with Crippen LogP contribution in [0.4, 0.5) is 0 Å². The molecule has 6 nitrogen and oxygen atoms in total. The van der Waals surface area contributed by atoms with Crippen LogP contribution in [0.5, 0.6) is 5.75 Å². The van der Waals surface area contributed by atoms with E-state index in [1.54, 1.807) is 13.0 Å². The first-order valence-corrected chi connectivity index (χ1v) is 10.7. The van der Waals surface area contributed by atoms with Crippen LogP contribution < -0.4 is 14.8 Å². The van der Waals surface area contributed by atoms with Gasteiger partial charge in [-0.15, -0.1) is 0 Å². The van der Waals surface area contributed by atoms with Crippen molar-refractivity contribution < 1.29 is 17.9 Å². The van der Waals surface area contributed by atoms with Crippen molar-refractivity contribution in [3.8, 4) is 5.75 Å². The van der Waals surface area contributed by atoms with Crippen LogP contribution in [-0.4, -0.2) is 33.5 Å². The zero-order valence-electron chi connectivity index (χ0n) is 16.7. The Bertz CT molecular complexity index is 898. The lowest BCUT2D eigenvalue weighted by molar-refractivity contribution is -0.123. The van der Waals surface area contributed by atoms with Crippen LogP contribution in [0.3, 0.4) is 0 Å². The Labute approximate surface area is 167 Å². The van der Waals surface area contributed by atoms with Crippen LogP contribution in [0.1, 0.15) is 31.4 Å². The lowest BCUT2D eigenvalue weighted by Gasteiger charge is -2.19. The Hall–Kier alpha value is -2.38. The summed E-state index contributed by atoms with van der Waals surface area (Å²) >= 11 is 0. The molecule has 2 atom stereocenters. The summed E-state index contributed by atoms with van der Waals surface area (Å²) in [5.74, 6) is 0.256. The van der Waals surface area contributed by atoms with Gasteiger partial charge in [0.1, 0.15) is 5.75 Å². The lowest BCUT2D eigenvalue weighted by atomic mass is 10.1. The fourth-order valence-corrected chi connectivity index (χ4v) is 4.13. The summed E-state index contributed by atoms with van der Waals surface area (Å²) in [5, 5.41) is 2.87. The van der Waals surface area contributed by atoms with Crippen molar-refractivity contribution in [3.05, 3.63) is 59.7 Å². The van der Waals surface area contributed by atoms with E-state index in [1.165, 1.54) is 31.7 Å². The van der Waals surface area contributed by atoms with Crippen LogP contribution in [0.25, 0.3) is 0 Å². The minimum Gasteiger partial charge on any atom is -0.496 e. The van der Waals surface area contributed by atoms with Crippen molar-refractivity contribution in [2.75, 3.05) is 7.11 Å². The van der Waals surface area contributed by atoms with Gasteiger partial charge in [-0.25, -0.2) is 8.42 Å². The summed E-state index contributed by atoms with van der Waals surface area (Å²) in [5.41, 5.74) is 1.91. The van der Waals surface area contributed by atoms with E-state index in [2.05, 4.69) is 10.0 Å². The second-order valence-electron chi connectivity index (χ2n) is 6.91. The largest absolute Gasteiger partial charge is 0.496 e. The number of benzene rings is 2. The molecule has 152 valence electrons. The molecule has 2 rings (SSSR count). The number of sulfonamides is 1. The van der Waals surface area contributed by atoms with Crippen molar-refractivity contribution in [1.29, 1.82) is 0 Å². The molecule has 0 aliphatic rings. The van der Waals surface area contributed by atoms with Gasteiger partial charge in [-0.1, -0.05) is 30.3 Å². The standard InChI is InChI=1S/C21H28N2O4S/c1-15-14-19(12-13-20(15)27-4)28(25,26)23-17(3)21(24)22-16(2)10-11-18-8-6-5-7-9-18/h5-9,12-14,16-17,23H,10-11H2,1-4H3,(H,22,24)/t16-,17+/m1/s1. The van der Waals surface area contributed by atoms with Crippen molar-refractivity contribution in [1.82, 2.24) is 10.0 Å². The number of carbonyl (C=O) groups is 1. The highest BCUT2D eigenvalue weighted by atomic mass is 32.2. The first-order valence-electron chi connectivity index (χ1n) is 9.24. The van der Waals surface area contributed by atoms with E-state index < -0.39 is 16.1 Å². The Morgan fingerprint density at radius 1 is 1.11 bits per heavy atom. The molecular formula is C21H28N2O4S. The fraction of sp³-hybridized carbons (Fsp3) is 0.381. The molecule has 0 saturated heterocycles. The molecule has 0 aromatic heterocycles. The lowest BCUT2D eigenvalue weighted by Crippen LogP contribution is -2.47. The molecule has 0 spiro atoms. The van der Waals surface area contributed by atoms with Crippen molar-refractivity contribution in [2.24, 2.45) is 0 Å². The quantitative estimate of drug-likeness (QED) is 0.673. The highest BCUT2D eigenvalue weighted by Gasteiger charge is 2.23. The van der Waals surface area contributed by atoms with E-state index in [0.29, 0.717) is 11.3 Å². The van der Waals surface area contributed by atoms with E-state index in [0.717, 1.165) is 12.8 Å². The Morgan fingerprint density at radius 2 is 1.79 bits per heavy atom. The summed E-state index contributed by atoms with van der Waals surface area (Å²) < 4.78 is 32.7. The molecule has 0 unspecified atom stereocenters. The monoisotopic (exact) mass is 404 g/mol. The number of hydrogen-bond acceptors (Lipinski definition) is 4. The number of carbonyl (C=O) groups excluding carboxylic acids is 1. The normalized spacial score (nSPS) is 13.6. The maximum atomic E-state index is 12.6. The van der Waals surface area contributed by atoms with Gasteiger partial charge >= 0.3 is 0 Å². The molecule has 0 fully saturated rings. The molecule has 2 N–H and O–H groups in total. The molecule has 0 bridgehead atoms. The predicted molar refractivity (Wildman–Crippen MR) is 110 cm³/mol. The summed E-state index contributed by atoms with van der Waals surface area (Å²) in [6, 6.07) is 13.6. The fourth-order valence-electron chi connectivity index (χ4n) is 2.84. The van der Waals surface area contributed by atoms with Crippen molar-refractivity contribution in [2.45, 2.75) is 50.6 Å². The van der Waals surface area contributed by atoms with Gasteiger partial charge in [0.15, 0.2) is 0 Å². The first kappa shape index (κ1) is 21.9. The molecular weight excluding hydrogens is 376 g/mol. The summed E-state index contributed by atoms with van der Waals surface area (Å²) in [6.45, 7) is 5.21. The molecule has 7 heteroatoms. The van der Waals surface area contributed by atoms with Crippen molar-refractivity contribution >= 4 is 15.9 Å². The van der Waals surface area contributed by atoms with E-state index in [-0.39, 0.29) is 16.8 Å². The zero-order valence-corrected chi connectivity index (χ0v) is 17.5. The summed E-state index contributed by atoms with van der Waals surface area (Å²) in [7, 11) is -2.28. The smallest absolute Gasteiger partial charge is 0.241 e. The third kappa shape index (κ3) is 6.07. The van der Waals surface area contributed by atoms with E-state index in [9.17, 15) is 13.2 Å². The molecule has 0 radical (unpaired) electrons. The second-order valence-corrected chi connectivity index (χ2v) is 8.62. The average molecular weight is 405 g/mol. The Balaban J connectivity index is 1.92. The number of amides is 1. The van der Waals surface area contributed by atoms with Gasteiger partial charge < -0.3 is 10.1 Å². The summed E-state index contributed by atoms with van der Waals surface area (Å²) in [6.07, 6.45) is 1.61. The van der Waals surface area contributed by atoms with Crippen LogP contribution in [-0.2, 0) is 21.2 Å². The highest BCUT2D eigenvalue weighted by molar-refractivity contribution is 7.89. The van der Waals surface area contributed by atoms with Crippen LogP contribution >= 0.6 is 0 Å². The minimum absolute atomic E-state index is 0.0668. The molecule has 2 aromatic rings. The zero-order chi connectivity index (χ0) is 20.7. The van der Waals surface area contributed by atoms with Gasteiger partial charge in [0.2, 0.25) is 15.9 Å². The number of aryl methyl sites for hydroxylation is 2. The number of methoxy groups -OCH3 is 1. The Morgan fingerprint density at radius 3 is 2.39 bits per heavy atom. The number of nitrogens with one attached hydrogen (secondary N) is 2. The molecule has 28 heavy (non-hydrogen) atoms. The van der Waals surface area contributed by atoms with Gasteiger partial charge in [0, 0.05) is 6.04 Å². The van der Waals surface area contributed by atoms with E-state index in [4.69, 9.17) is 4.74 Å². The number of hydrogen-bond donors (Lipinski definition) is 2. The molecule has 0 heterocycles. The van der Waals surface area contributed by atoms with Crippen LogP contribution in [0.2, 0.25) is 0 Å². The molecule has 0 aliphatic carbocycles. The number of ether oxygens (including phenoxy) is 1. The third-order valence-electron chi connectivity index (χ3n) is 4.50. The van der Waals surface area contributed by atoms with Gasteiger partial charge in [-0.05, 0) is 62.9 Å². The van der Waals surface area contributed by atoms with Crippen LogP contribution in [0, 0.1) is 6.92 Å². The molecule has 0 saturated carbocycles. The third-order valence-corrected chi connectivity index (χ3v) is 6.04. The topological polar surface area (TPSA) is 84.5 Å². The van der Waals surface area contributed by atoms with Gasteiger partial charge in [-0.3, -0.25) is 4.79 Å². The molecule has 1 amide bonds. The van der Waals surface area contributed by atoms with Gasteiger partial charge in [0.05, 0.1) is 18.0 Å². The van der Waals surface area contributed by atoms with Crippen molar-refractivity contribution in [3.63, 3.8) is 0 Å². The maximum absolute atomic E-state index is 12.6. The van der Waals surface area contributed by atoms with E-state index in [1.807, 2.05) is 37.3 Å². The van der Waals surface area contributed by atoms with Crippen LogP contribution in [0.15, 0.2) is 53.4 Å². The van der Waals surface area contributed by atoms with Gasteiger partial charge in [-0.2, -0.15) is 4.72 Å². The first-order chi connectivity index (χ1) is 13.2. The molecule has 2 aromatic carbocycles. The van der Waals surface area contributed by atoms with E-state index >= 15 is 0 Å². The SMILES string of the molecule is COc1ccc(S(=O)(=O)N[C@@H](C)C(=O)N[C@H](C)CCc2ccccc2)cc1C. The number of rotatable bonds is 9. The highest BCUT2D eigenvalue weighted by Crippen LogP contribution is 2.21. The predicted octanol–water partition coefficient (Wildman–Crippen LogP) is 2.81. The summed E-state index contributed by atoms with van der Waals surface area (Å²) in [4.78, 5) is 12.5. The van der Waals surface area contributed by atoms with Gasteiger partial charge in [0.25, 0.3) is 0 Å². The molecule has 0 aliphatic heterocycles. The second kappa shape index (κ2) is 9.71. The Kier molecular flexibility index (Phi) is 7.60.